The van der Waals surface area contributed by atoms with Crippen molar-refractivity contribution in [3.8, 4) is 0 Å². The average Bonchev–Trinajstić information content (AvgIpc) is 2.40. The summed E-state index contributed by atoms with van der Waals surface area (Å²) in [6, 6.07) is 3.10. The number of aromatic nitrogens is 1. The van der Waals surface area contributed by atoms with Gasteiger partial charge < -0.3 is 20.3 Å². The Balaban J connectivity index is 2.09. The number of hydrogen-bond acceptors (Lipinski definition) is 5. The van der Waals surface area contributed by atoms with Crippen LogP contribution in [0, 0.1) is 0 Å². The highest BCUT2D eigenvalue weighted by molar-refractivity contribution is 5.87. The maximum Gasteiger partial charge on any atom is 0.337 e. The number of aliphatic hydroxyl groups excluding tert-OH is 1. The van der Waals surface area contributed by atoms with Crippen molar-refractivity contribution in [2.24, 2.45) is 0 Å². The van der Waals surface area contributed by atoms with Crippen LogP contribution in [-0.4, -0.2) is 46.5 Å². The van der Waals surface area contributed by atoms with Crippen molar-refractivity contribution in [2.45, 2.75) is 18.4 Å². The van der Waals surface area contributed by atoms with Gasteiger partial charge in [0, 0.05) is 19.4 Å². The molecule has 2 heterocycles. The van der Waals surface area contributed by atoms with Gasteiger partial charge in [0.15, 0.2) is 0 Å². The van der Waals surface area contributed by atoms with E-state index in [2.05, 4.69) is 10.3 Å². The average molecular weight is 252 g/mol. The highest BCUT2D eigenvalue weighted by Crippen LogP contribution is 2.24. The zero-order valence-corrected chi connectivity index (χ0v) is 9.93. The van der Waals surface area contributed by atoms with Gasteiger partial charge >= 0.3 is 5.97 Å². The molecule has 1 fully saturated rings. The molecule has 1 saturated heterocycles. The zero-order chi connectivity index (χ0) is 13.0. The third-order valence-electron chi connectivity index (χ3n) is 3.16. The minimum atomic E-state index is -1.00. The first-order valence-electron chi connectivity index (χ1n) is 5.81. The largest absolute Gasteiger partial charge is 0.478 e. The molecule has 6 nitrogen and oxygen atoms in total. The van der Waals surface area contributed by atoms with Crippen molar-refractivity contribution in [1.29, 1.82) is 0 Å². The van der Waals surface area contributed by atoms with Crippen LogP contribution < -0.4 is 5.32 Å². The normalized spacial score (nSPS) is 18.3. The number of carboxylic acids is 1. The summed E-state index contributed by atoms with van der Waals surface area (Å²) in [6.45, 7) is 1.19. The fourth-order valence-electron chi connectivity index (χ4n) is 1.95. The van der Waals surface area contributed by atoms with Crippen molar-refractivity contribution >= 4 is 11.8 Å². The van der Waals surface area contributed by atoms with E-state index in [0.717, 1.165) is 0 Å². The first-order valence-corrected chi connectivity index (χ1v) is 5.81. The summed E-state index contributed by atoms with van der Waals surface area (Å²) in [7, 11) is 0. The molecule has 1 aliphatic rings. The number of nitrogens with zero attached hydrogens (tertiary/aromatic N) is 1. The van der Waals surface area contributed by atoms with E-state index in [-0.39, 0.29) is 12.2 Å². The Bertz CT molecular complexity index is 413. The van der Waals surface area contributed by atoms with Gasteiger partial charge in [-0.05, 0) is 25.0 Å². The van der Waals surface area contributed by atoms with Gasteiger partial charge in [0.2, 0.25) is 0 Å². The lowest BCUT2D eigenvalue weighted by Crippen LogP contribution is -2.47. The molecule has 6 heteroatoms. The number of hydrogen-bond donors (Lipinski definition) is 3. The molecule has 1 aliphatic heterocycles. The van der Waals surface area contributed by atoms with E-state index in [0.29, 0.717) is 31.9 Å². The lowest BCUT2D eigenvalue weighted by Gasteiger charge is -2.36. The smallest absolute Gasteiger partial charge is 0.337 e. The van der Waals surface area contributed by atoms with Crippen molar-refractivity contribution in [3.63, 3.8) is 0 Å². The summed E-state index contributed by atoms with van der Waals surface area (Å²) in [5, 5.41) is 21.5. The second-order valence-corrected chi connectivity index (χ2v) is 4.41. The first kappa shape index (κ1) is 12.8. The molecule has 0 spiro atoms. The van der Waals surface area contributed by atoms with Crippen LogP contribution in [0.1, 0.15) is 23.2 Å². The van der Waals surface area contributed by atoms with Crippen LogP contribution >= 0.6 is 0 Å². The molecule has 18 heavy (non-hydrogen) atoms. The molecule has 2 rings (SSSR count). The number of aromatic carboxylic acids is 1. The van der Waals surface area contributed by atoms with Gasteiger partial charge in [-0.1, -0.05) is 0 Å². The first-order chi connectivity index (χ1) is 8.65. The molecule has 0 aliphatic carbocycles. The fraction of sp³-hybridized carbons (Fsp3) is 0.500. The standard InChI is InChI=1S/C12H16N2O4/c15-8-12(3-5-18-6-4-12)14-10-2-1-9(7-13-10)11(16)17/h1-2,7,15H,3-6,8H2,(H,13,14)(H,16,17). The number of carbonyl (C=O) groups is 1. The second kappa shape index (κ2) is 5.32. The monoisotopic (exact) mass is 252 g/mol. The molecular weight excluding hydrogens is 236 g/mol. The number of nitrogens with one attached hydrogen (secondary N) is 1. The van der Waals surface area contributed by atoms with Gasteiger partial charge in [0.05, 0.1) is 17.7 Å². The Kier molecular flexibility index (Phi) is 3.78. The molecule has 0 bridgehead atoms. The molecule has 0 unspecified atom stereocenters. The Hall–Kier alpha value is -1.66. The second-order valence-electron chi connectivity index (χ2n) is 4.41. The minimum Gasteiger partial charge on any atom is -0.478 e. The molecule has 0 amide bonds. The van der Waals surface area contributed by atoms with Crippen LogP contribution in [0.15, 0.2) is 18.3 Å². The molecule has 1 aromatic heterocycles. The quantitative estimate of drug-likeness (QED) is 0.731. The van der Waals surface area contributed by atoms with Gasteiger partial charge in [-0.25, -0.2) is 9.78 Å². The summed E-state index contributed by atoms with van der Waals surface area (Å²) in [6.07, 6.45) is 2.70. The molecule has 1 aromatic rings. The summed E-state index contributed by atoms with van der Waals surface area (Å²) in [4.78, 5) is 14.7. The van der Waals surface area contributed by atoms with Crippen LogP contribution in [0.4, 0.5) is 5.82 Å². The van der Waals surface area contributed by atoms with Gasteiger partial charge in [0.1, 0.15) is 5.82 Å². The van der Waals surface area contributed by atoms with Crippen molar-refractivity contribution < 1.29 is 19.7 Å². The Morgan fingerprint density at radius 1 is 1.44 bits per heavy atom. The van der Waals surface area contributed by atoms with Crippen LogP contribution in [0.5, 0.6) is 0 Å². The highest BCUT2D eigenvalue weighted by atomic mass is 16.5. The molecule has 0 radical (unpaired) electrons. The van der Waals surface area contributed by atoms with Gasteiger partial charge in [-0.2, -0.15) is 0 Å². The highest BCUT2D eigenvalue weighted by Gasteiger charge is 2.32. The predicted octanol–water partition coefficient (Wildman–Crippen LogP) is 0.733. The lowest BCUT2D eigenvalue weighted by molar-refractivity contribution is 0.0378. The molecule has 0 atom stereocenters. The van der Waals surface area contributed by atoms with Crippen LogP contribution in [0.3, 0.4) is 0 Å². The summed E-state index contributed by atoms with van der Waals surface area (Å²) in [5.41, 5.74) is -0.277. The Morgan fingerprint density at radius 3 is 2.67 bits per heavy atom. The van der Waals surface area contributed by atoms with Crippen LogP contribution in [-0.2, 0) is 4.74 Å². The zero-order valence-electron chi connectivity index (χ0n) is 9.93. The summed E-state index contributed by atoms with van der Waals surface area (Å²) in [5.74, 6) is -0.437. The van der Waals surface area contributed by atoms with Gasteiger partial charge in [0.25, 0.3) is 0 Å². The van der Waals surface area contributed by atoms with Crippen LogP contribution in [0.25, 0.3) is 0 Å². The van der Waals surface area contributed by atoms with E-state index in [1.807, 2.05) is 0 Å². The number of anilines is 1. The third kappa shape index (κ3) is 2.77. The number of aliphatic hydroxyl groups is 1. The Morgan fingerprint density at radius 2 is 2.17 bits per heavy atom. The summed E-state index contributed by atoms with van der Waals surface area (Å²) < 4.78 is 5.27. The van der Waals surface area contributed by atoms with Gasteiger partial charge in [-0.15, -0.1) is 0 Å². The maximum absolute atomic E-state index is 10.7. The van der Waals surface area contributed by atoms with Crippen molar-refractivity contribution in [3.05, 3.63) is 23.9 Å². The third-order valence-corrected chi connectivity index (χ3v) is 3.16. The van der Waals surface area contributed by atoms with E-state index in [1.165, 1.54) is 12.3 Å². The number of pyridine rings is 1. The van der Waals surface area contributed by atoms with Crippen LogP contribution in [0.2, 0.25) is 0 Å². The number of rotatable bonds is 4. The van der Waals surface area contributed by atoms with E-state index in [9.17, 15) is 9.90 Å². The minimum absolute atomic E-state index is 0.00127. The molecule has 3 N–H and O–H groups in total. The summed E-state index contributed by atoms with van der Waals surface area (Å²) >= 11 is 0. The maximum atomic E-state index is 10.7. The van der Waals surface area contributed by atoms with E-state index in [1.54, 1.807) is 6.07 Å². The van der Waals surface area contributed by atoms with E-state index >= 15 is 0 Å². The van der Waals surface area contributed by atoms with Gasteiger partial charge in [-0.3, -0.25) is 0 Å². The molecule has 0 aromatic carbocycles. The predicted molar refractivity (Wildman–Crippen MR) is 64.7 cm³/mol. The molecule has 98 valence electrons. The Labute approximate surface area is 105 Å². The topological polar surface area (TPSA) is 91.7 Å². The van der Waals surface area contributed by atoms with E-state index < -0.39 is 11.5 Å². The molecular formula is C12H16N2O4. The SMILES string of the molecule is O=C(O)c1ccc(NC2(CO)CCOCC2)nc1. The number of carboxylic acid groups (broad SMARTS) is 1. The fourth-order valence-corrected chi connectivity index (χ4v) is 1.95. The lowest BCUT2D eigenvalue weighted by atomic mass is 9.91. The van der Waals surface area contributed by atoms with Crippen molar-refractivity contribution in [1.82, 2.24) is 4.98 Å². The number of ether oxygens (including phenoxy) is 1. The van der Waals surface area contributed by atoms with E-state index in [4.69, 9.17) is 9.84 Å². The molecule has 0 saturated carbocycles. The van der Waals surface area contributed by atoms with Crippen molar-refractivity contribution in [2.75, 3.05) is 25.1 Å².